The first kappa shape index (κ1) is 14.2. The molecule has 0 aliphatic carbocycles. The van der Waals surface area contributed by atoms with Crippen LogP contribution in [0.1, 0.15) is 0 Å². The van der Waals surface area contributed by atoms with E-state index >= 15 is 0 Å². The first-order chi connectivity index (χ1) is 10.0. The van der Waals surface area contributed by atoms with E-state index in [0.717, 1.165) is 9.75 Å². The molecule has 7 heteroatoms. The smallest absolute Gasteiger partial charge is 0.324 e. The maximum atomic E-state index is 10.8. The fraction of sp³-hybridized carbons (Fsp3) is 0.143. The van der Waals surface area contributed by atoms with Gasteiger partial charge >= 0.3 is 5.00 Å². The molecule has 0 fully saturated rings. The van der Waals surface area contributed by atoms with Crippen LogP contribution >= 0.6 is 34.0 Å². The highest BCUT2D eigenvalue weighted by atomic mass is 32.1. The van der Waals surface area contributed by atoms with Crippen LogP contribution in [0.5, 0.6) is 0 Å². The lowest BCUT2D eigenvalue weighted by molar-refractivity contribution is -0.380. The fourth-order valence-corrected chi connectivity index (χ4v) is 4.80. The highest BCUT2D eigenvalue weighted by molar-refractivity contribution is 7.28. The van der Waals surface area contributed by atoms with Gasteiger partial charge in [-0.1, -0.05) is 11.3 Å². The van der Waals surface area contributed by atoms with E-state index in [1.165, 1.54) is 26.1 Å². The Hall–Kier alpha value is -1.70. The Morgan fingerprint density at radius 3 is 1.90 bits per heavy atom. The van der Waals surface area contributed by atoms with Gasteiger partial charge in [0.15, 0.2) is 0 Å². The van der Waals surface area contributed by atoms with E-state index in [1.54, 1.807) is 28.7 Å². The summed E-state index contributed by atoms with van der Waals surface area (Å²) in [6.45, 7) is 0. The van der Waals surface area contributed by atoms with Crippen molar-refractivity contribution < 1.29 is 4.92 Å². The Labute approximate surface area is 134 Å². The molecule has 0 N–H and O–H groups in total. The second-order valence-corrected chi connectivity index (χ2v) is 7.80. The standard InChI is InChI=1S/C14H12N2O2S3/c1-15(2)13-7-5-11(20-13)9-3-4-10(19-9)12-6-8-14(21-12)16(17)18/h3-8H,1-2H3. The van der Waals surface area contributed by atoms with Crippen LogP contribution in [0, 0.1) is 10.1 Å². The summed E-state index contributed by atoms with van der Waals surface area (Å²) in [7, 11) is 4.06. The molecule has 3 rings (SSSR count). The highest BCUT2D eigenvalue weighted by Crippen LogP contribution is 2.42. The minimum atomic E-state index is -0.342. The average Bonchev–Trinajstić information content (AvgIpc) is 3.18. The predicted octanol–water partition coefficient (Wildman–Crippen LogP) is 5.18. The monoisotopic (exact) mass is 336 g/mol. The number of hydrogen-bond acceptors (Lipinski definition) is 6. The molecule has 0 atom stereocenters. The van der Waals surface area contributed by atoms with Crippen LogP contribution in [0.15, 0.2) is 36.4 Å². The first-order valence-corrected chi connectivity index (χ1v) is 8.61. The van der Waals surface area contributed by atoms with Crippen LogP contribution in [0.2, 0.25) is 0 Å². The van der Waals surface area contributed by atoms with E-state index in [1.807, 2.05) is 26.2 Å². The molecule has 0 radical (unpaired) electrons. The Morgan fingerprint density at radius 2 is 1.38 bits per heavy atom. The van der Waals surface area contributed by atoms with Gasteiger partial charge in [-0.05, 0) is 30.3 Å². The summed E-state index contributed by atoms with van der Waals surface area (Å²) in [5.74, 6) is 0. The molecule has 3 heterocycles. The van der Waals surface area contributed by atoms with Gasteiger partial charge in [0, 0.05) is 34.8 Å². The van der Waals surface area contributed by atoms with E-state index in [2.05, 4.69) is 23.1 Å². The predicted molar refractivity (Wildman–Crippen MR) is 91.9 cm³/mol. The van der Waals surface area contributed by atoms with Gasteiger partial charge in [0.1, 0.15) is 0 Å². The van der Waals surface area contributed by atoms with Crippen LogP contribution in [-0.4, -0.2) is 19.0 Å². The molecule has 0 spiro atoms. The van der Waals surface area contributed by atoms with Crippen molar-refractivity contribution in [3.8, 4) is 19.5 Å². The van der Waals surface area contributed by atoms with Crippen molar-refractivity contribution in [2.75, 3.05) is 19.0 Å². The molecule has 0 aromatic carbocycles. The largest absolute Gasteiger partial charge is 0.370 e. The Bertz CT molecular complexity index is 786. The van der Waals surface area contributed by atoms with Crippen molar-refractivity contribution >= 4 is 44.0 Å². The molecule has 0 bridgehead atoms. The maximum Gasteiger partial charge on any atom is 0.324 e. The molecule has 0 amide bonds. The van der Waals surface area contributed by atoms with Gasteiger partial charge < -0.3 is 4.90 Å². The molecule has 4 nitrogen and oxygen atoms in total. The van der Waals surface area contributed by atoms with E-state index in [0.29, 0.717) is 0 Å². The third-order valence-electron chi connectivity index (χ3n) is 2.90. The summed E-state index contributed by atoms with van der Waals surface area (Å²) in [5.41, 5.74) is 0. The summed E-state index contributed by atoms with van der Waals surface area (Å²) >= 11 is 4.63. The molecule has 21 heavy (non-hydrogen) atoms. The van der Waals surface area contributed by atoms with Crippen molar-refractivity contribution in [3.63, 3.8) is 0 Å². The number of thiophene rings is 3. The minimum Gasteiger partial charge on any atom is -0.370 e. The van der Waals surface area contributed by atoms with Crippen LogP contribution in [0.4, 0.5) is 10.0 Å². The molecular formula is C14H12N2O2S3. The molecule has 3 aromatic heterocycles. The van der Waals surface area contributed by atoms with Gasteiger partial charge in [0.25, 0.3) is 0 Å². The number of nitro groups is 1. The van der Waals surface area contributed by atoms with Gasteiger partial charge in [-0.3, -0.25) is 10.1 Å². The third kappa shape index (κ3) is 2.85. The molecule has 108 valence electrons. The van der Waals surface area contributed by atoms with Crippen LogP contribution in [-0.2, 0) is 0 Å². The Kier molecular flexibility index (Phi) is 3.79. The van der Waals surface area contributed by atoms with Gasteiger partial charge in [-0.15, -0.1) is 22.7 Å². The van der Waals surface area contributed by atoms with Gasteiger partial charge in [0.05, 0.1) is 14.8 Å². The van der Waals surface area contributed by atoms with Crippen molar-refractivity contribution in [3.05, 3.63) is 46.5 Å². The molecule has 0 saturated heterocycles. The molecule has 0 unspecified atom stereocenters. The van der Waals surface area contributed by atoms with Gasteiger partial charge in [-0.2, -0.15) is 0 Å². The zero-order valence-electron chi connectivity index (χ0n) is 11.4. The summed E-state index contributed by atoms with van der Waals surface area (Å²) in [4.78, 5) is 16.9. The Balaban J connectivity index is 1.89. The molecular weight excluding hydrogens is 324 g/mol. The Morgan fingerprint density at radius 1 is 0.857 bits per heavy atom. The van der Waals surface area contributed by atoms with Gasteiger partial charge in [0.2, 0.25) is 0 Å². The average molecular weight is 336 g/mol. The minimum absolute atomic E-state index is 0.186. The number of anilines is 1. The number of nitrogens with zero attached hydrogens (tertiary/aromatic N) is 2. The first-order valence-electron chi connectivity index (χ1n) is 6.16. The van der Waals surface area contributed by atoms with Gasteiger partial charge in [-0.25, -0.2) is 0 Å². The highest BCUT2D eigenvalue weighted by Gasteiger charge is 2.13. The third-order valence-corrected chi connectivity index (χ3v) is 6.66. The summed E-state index contributed by atoms with van der Waals surface area (Å²) in [6, 6.07) is 11.7. The lowest BCUT2D eigenvalue weighted by atomic mass is 10.3. The van der Waals surface area contributed by atoms with Crippen LogP contribution in [0.3, 0.4) is 0 Å². The quantitative estimate of drug-likeness (QED) is 0.487. The van der Waals surface area contributed by atoms with Crippen LogP contribution < -0.4 is 4.90 Å². The number of rotatable bonds is 4. The lowest BCUT2D eigenvalue weighted by Gasteiger charge is -2.06. The molecule has 0 aliphatic rings. The van der Waals surface area contributed by atoms with Crippen molar-refractivity contribution in [1.82, 2.24) is 0 Å². The van der Waals surface area contributed by atoms with Crippen LogP contribution in [0.25, 0.3) is 19.5 Å². The molecule has 3 aromatic rings. The van der Waals surface area contributed by atoms with E-state index < -0.39 is 0 Å². The lowest BCUT2D eigenvalue weighted by Crippen LogP contribution is -2.05. The molecule has 0 aliphatic heterocycles. The summed E-state index contributed by atoms with van der Waals surface area (Å²) in [6.07, 6.45) is 0. The normalized spacial score (nSPS) is 10.8. The number of hydrogen-bond donors (Lipinski definition) is 0. The van der Waals surface area contributed by atoms with E-state index in [4.69, 9.17) is 0 Å². The molecule has 0 saturated carbocycles. The second kappa shape index (κ2) is 5.59. The van der Waals surface area contributed by atoms with Crippen molar-refractivity contribution in [2.45, 2.75) is 0 Å². The second-order valence-electron chi connectivity index (χ2n) is 4.59. The zero-order chi connectivity index (χ0) is 15.0. The summed E-state index contributed by atoms with van der Waals surface area (Å²) < 4.78 is 0. The summed E-state index contributed by atoms with van der Waals surface area (Å²) in [5, 5.41) is 12.2. The topological polar surface area (TPSA) is 46.4 Å². The fourth-order valence-electron chi connectivity index (χ4n) is 1.86. The van der Waals surface area contributed by atoms with E-state index in [-0.39, 0.29) is 9.92 Å². The van der Waals surface area contributed by atoms with E-state index in [9.17, 15) is 10.1 Å². The van der Waals surface area contributed by atoms with Crippen molar-refractivity contribution in [1.29, 1.82) is 0 Å². The SMILES string of the molecule is CN(C)c1ccc(-c2ccc(-c3ccc([N+](=O)[O-])s3)s2)s1. The maximum absolute atomic E-state index is 10.8. The zero-order valence-corrected chi connectivity index (χ0v) is 13.8. The van der Waals surface area contributed by atoms with Crippen molar-refractivity contribution in [2.24, 2.45) is 0 Å².